The Hall–Kier alpha value is -3.21. The lowest BCUT2D eigenvalue weighted by molar-refractivity contribution is 0.0989. The maximum atomic E-state index is 13.0. The largest absolute Gasteiger partial charge is 0.454 e. The van der Waals surface area contributed by atoms with Gasteiger partial charge in [0.05, 0.1) is 12.3 Å². The summed E-state index contributed by atoms with van der Waals surface area (Å²) in [7, 11) is 0. The number of fused-ring (bicyclic) bond motifs is 2. The van der Waals surface area contributed by atoms with E-state index in [1.807, 2.05) is 37.3 Å². The Bertz CT molecular complexity index is 977. The Balaban J connectivity index is 1.71. The average Bonchev–Trinajstić information content (AvgIpc) is 3.33. The van der Waals surface area contributed by atoms with Crippen LogP contribution in [0.25, 0.3) is 0 Å². The van der Waals surface area contributed by atoms with Crippen LogP contribution in [0.3, 0.4) is 0 Å². The molecule has 2 aliphatic rings. The van der Waals surface area contributed by atoms with Crippen molar-refractivity contribution < 1.29 is 18.7 Å². The number of amides is 1. The molecule has 1 aromatic heterocycles. The molecule has 0 fully saturated rings. The van der Waals surface area contributed by atoms with Crippen molar-refractivity contribution in [1.29, 1.82) is 0 Å². The number of furan rings is 1. The smallest absolute Gasteiger partial charge is 0.261 e. The van der Waals surface area contributed by atoms with Gasteiger partial charge in [0.2, 0.25) is 12.7 Å². The van der Waals surface area contributed by atoms with Crippen LogP contribution in [-0.2, 0) is 0 Å². The van der Waals surface area contributed by atoms with Gasteiger partial charge < -0.3 is 13.9 Å². The van der Waals surface area contributed by atoms with Crippen LogP contribution in [0.15, 0.2) is 59.2 Å². The van der Waals surface area contributed by atoms with Crippen LogP contribution >= 0.6 is 0 Å². The van der Waals surface area contributed by atoms with Gasteiger partial charge in [-0.1, -0.05) is 23.8 Å². The Kier molecular flexibility index (Phi) is 2.91. The highest BCUT2D eigenvalue weighted by Gasteiger charge is 2.40. The van der Waals surface area contributed by atoms with Crippen molar-refractivity contribution in [3.8, 4) is 11.5 Å². The molecule has 3 aromatic rings. The SMILES string of the molecule is Cc1ccc2c(c1)C(c1ccc3c(c1)OCO3)N(c1ccco1)C2=O. The molecule has 2 aliphatic heterocycles. The number of nitrogens with zero attached hydrogens (tertiary/aromatic N) is 1. The molecule has 5 nitrogen and oxygen atoms in total. The fourth-order valence-electron chi connectivity index (χ4n) is 3.54. The second kappa shape index (κ2) is 5.14. The van der Waals surface area contributed by atoms with Crippen LogP contribution in [0.4, 0.5) is 5.88 Å². The number of hydrogen-bond acceptors (Lipinski definition) is 4. The van der Waals surface area contributed by atoms with Gasteiger partial charge in [-0.25, -0.2) is 0 Å². The summed E-state index contributed by atoms with van der Waals surface area (Å²) in [6, 6.07) is 15.0. The summed E-state index contributed by atoms with van der Waals surface area (Å²) >= 11 is 0. The van der Waals surface area contributed by atoms with Crippen LogP contribution in [0.2, 0.25) is 0 Å². The number of benzene rings is 2. The van der Waals surface area contributed by atoms with E-state index < -0.39 is 0 Å². The van der Waals surface area contributed by atoms with E-state index >= 15 is 0 Å². The van der Waals surface area contributed by atoms with E-state index in [2.05, 4.69) is 6.07 Å². The lowest BCUT2D eigenvalue weighted by Gasteiger charge is -2.23. The Morgan fingerprint density at radius 3 is 2.76 bits per heavy atom. The summed E-state index contributed by atoms with van der Waals surface area (Å²) in [5.41, 5.74) is 3.74. The molecule has 0 saturated carbocycles. The normalized spacial score (nSPS) is 17.9. The van der Waals surface area contributed by atoms with Crippen LogP contribution in [0.1, 0.15) is 33.1 Å². The van der Waals surface area contributed by atoms with E-state index in [4.69, 9.17) is 13.9 Å². The number of rotatable bonds is 2. The lowest BCUT2D eigenvalue weighted by atomic mass is 9.96. The summed E-state index contributed by atoms with van der Waals surface area (Å²) in [6.07, 6.45) is 1.58. The zero-order valence-electron chi connectivity index (χ0n) is 13.6. The minimum absolute atomic E-state index is 0.0624. The molecule has 0 N–H and O–H groups in total. The highest BCUT2D eigenvalue weighted by atomic mass is 16.7. The predicted octanol–water partition coefficient (Wildman–Crippen LogP) is 4.07. The third-order valence-corrected chi connectivity index (χ3v) is 4.67. The van der Waals surface area contributed by atoms with Crippen LogP contribution in [-0.4, -0.2) is 12.7 Å². The standard InChI is InChI=1S/C20H15NO4/c1-12-4-6-14-15(9-12)19(21(20(14)22)18-3-2-8-23-18)13-5-7-16-17(10-13)25-11-24-16/h2-10,19H,11H2,1H3. The summed E-state index contributed by atoms with van der Waals surface area (Å²) in [4.78, 5) is 14.7. The molecule has 1 atom stereocenters. The summed E-state index contributed by atoms with van der Waals surface area (Å²) in [5.74, 6) is 1.89. The number of anilines is 1. The van der Waals surface area contributed by atoms with Gasteiger partial charge in [0, 0.05) is 11.6 Å². The molecule has 0 aliphatic carbocycles. The van der Waals surface area contributed by atoms with Gasteiger partial charge in [-0.2, -0.15) is 0 Å². The first-order chi connectivity index (χ1) is 12.2. The molecule has 2 aromatic carbocycles. The third-order valence-electron chi connectivity index (χ3n) is 4.67. The molecule has 0 spiro atoms. The molecule has 5 rings (SSSR count). The summed E-state index contributed by atoms with van der Waals surface area (Å²) in [6.45, 7) is 2.25. The Morgan fingerprint density at radius 2 is 1.92 bits per heavy atom. The first kappa shape index (κ1) is 14.2. The van der Waals surface area contributed by atoms with Crippen LogP contribution < -0.4 is 14.4 Å². The molecule has 25 heavy (non-hydrogen) atoms. The molecule has 5 heteroatoms. The van der Waals surface area contributed by atoms with E-state index in [0.29, 0.717) is 17.2 Å². The van der Waals surface area contributed by atoms with Gasteiger partial charge in [-0.05, 0) is 42.3 Å². The molecule has 124 valence electrons. The van der Waals surface area contributed by atoms with Gasteiger partial charge >= 0.3 is 0 Å². The summed E-state index contributed by atoms with van der Waals surface area (Å²) in [5, 5.41) is 0. The number of ether oxygens (including phenoxy) is 2. The van der Waals surface area contributed by atoms with Crippen molar-refractivity contribution in [2.75, 3.05) is 11.7 Å². The van der Waals surface area contributed by atoms with E-state index in [0.717, 1.165) is 22.4 Å². The second-order valence-corrected chi connectivity index (χ2v) is 6.23. The van der Waals surface area contributed by atoms with Crippen LogP contribution in [0.5, 0.6) is 11.5 Å². The molecule has 0 radical (unpaired) electrons. The van der Waals surface area contributed by atoms with E-state index in [1.165, 1.54) is 0 Å². The maximum absolute atomic E-state index is 13.0. The topological polar surface area (TPSA) is 51.9 Å². The zero-order valence-corrected chi connectivity index (χ0v) is 13.6. The van der Waals surface area contributed by atoms with Crippen molar-refractivity contribution >= 4 is 11.8 Å². The first-order valence-electron chi connectivity index (χ1n) is 8.09. The van der Waals surface area contributed by atoms with Crippen molar-refractivity contribution in [3.05, 3.63) is 77.0 Å². The highest BCUT2D eigenvalue weighted by molar-refractivity contribution is 6.11. The zero-order chi connectivity index (χ0) is 17.0. The Morgan fingerprint density at radius 1 is 1.04 bits per heavy atom. The molecule has 0 saturated heterocycles. The molecule has 3 heterocycles. The van der Waals surface area contributed by atoms with Crippen LogP contribution in [0, 0.1) is 6.92 Å². The third kappa shape index (κ3) is 2.05. The number of carbonyl (C=O) groups excluding carboxylic acids is 1. The molecule has 1 unspecified atom stereocenters. The van der Waals surface area contributed by atoms with Gasteiger partial charge in [0.25, 0.3) is 5.91 Å². The predicted molar refractivity (Wildman–Crippen MR) is 91.1 cm³/mol. The summed E-state index contributed by atoms with van der Waals surface area (Å²) < 4.78 is 16.5. The fraction of sp³-hybridized carbons (Fsp3) is 0.150. The Labute approximate surface area is 144 Å². The van der Waals surface area contributed by atoms with Crippen molar-refractivity contribution in [1.82, 2.24) is 0 Å². The maximum Gasteiger partial charge on any atom is 0.261 e. The number of aryl methyl sites for hydroxylation is 1. The number of carbonyl (C=O) groups is 1. The quantitative estimate of drug-likeness (QED) is 0.709. The molecule has 1 amide bonds. The molecular weight excluding hydrogens is 318 g/mol. The minimum atomic E-state index is -0.261. The second-order valence-electron chi connectivity index (χ2n) is 6.23. The first-order valence-corrected chi connectivity index (χ1v) is 8.09. The van der Waals surface area contributed by atoms with Crippen molar-refractivity contribution in [3.63, 3.8) is 0 Å². The van der Waals surface area contributed by atoms with Crippen molar-refractivity contribution in [2.45, 2.75) is 13.0 Å². The lowest BCUT2D eigenvalue weighted by Crippen LogP contribution is -2.28. The minimum Gasteiger partial charge on any atom is -0.454 e. The van der Waals surface area contributed by atoms with Gasteiger partial charge in [0.1, 0.15) is 0 Å². The molecule has 0 bridgehead atoms. The monoisotopic (exact) mass is 333 g/mol. The van der Waals surface area contributed by atoms with E-state index in [-0.39, 0.29) is 18.7 Å². The highest BCUT2D eigenvalue weighted by Crippen LogP contribution is 2.44. The van der Waals surface area contributed by atoms with Gasteiger partial charge in [0.15, 0.2) is 11.5 Å². The van der Waals surface area contributed by atoms with E-state index in [9.17, 15) is 4.79 Å². The molecular formula is C20H15NO4. The average molecular weight is 333 g/mol. The van der Waals surface area contributed by atoms with Crippen molar-refractivity contribution in [2.24, 2.45) is 0 Å². The van der Waals surface area contributed by atoms with E-state index in [1.54, 1.807) is 23.3 Å². The number of hydrogen-bond donors (Lipinski definition) is 0. The van der Waals surface area contributed by atoms with Gasteiger partial charge in [-0.15, -0.1) is 0 Å². The fourth-order valence-corrected chi connectivity index (χ4v) is 3.54. The van der Waals surface area contributed by atoms with Gasteiger partial charge in [-0.3, -0.25) is 9.69 Å².